The van der Waals surface area contributed by atoms with Crippen LogP contribution in [0.3, 0.4) is 0 Å². The van der Waals surface area contributed by atoms with Crippen molar-refractivity contribution in [2.45, 2.75) is 33.2 Å². The molecule has 5 nitrogen and oxygen atoms in total. The van der Waals surface area contributed by atoms with E-state index in [0.717, 1.165) is 11.1 Å². The highest BCUT2D eigenvalue weighted by Crippen LogP contribution is 2.38. The molecule has 6 heteroatoms. The zero-order valence-electron chi connectivity index (χ0n) is 12.8. The Labute approximate surface area is 128 Å². The van der Waals surface area contributed by atoms with Gasteiger partial charge >= 0.3 is 0 Å². The maximum atomic E-state index is 11.7. The maximum absolute atomic E-state index is 11.7. The van der Waals surface area contributed by atoms with Crippen molar-refractivity contribution in [1.82, 2.24) is 9.62 Å². The molecule has 0 radical (unpaired) electrons. The third kappa shape index (κ3) is 3.71. The quantitative estimate of drug-likeness (QED) is 0.807. The van der Waals surface area contributed by atoms with E-state index in [1.165, 1.54) is 11.2 Å². The number of allylic oxidation sites excluding steroid dienone is 4. The van der Waals surface area contributed by atoms with Gasteiger partial charge in [0.15, 0.2) is 0 Å². The van der Waals surface area contributed by atoms with E-state index >= 15 is 0 Å². The van der Waals surface area contributed by atoms with Gasteiger partial charge in [-0.2, -0.15) is 0 Å². The smallest absolute Gasteiger partial charge is 0.217 e. The van der Waals surface area contributed by atoms with Crippen LogP contribution >= 0.6 is 0 Å². The zero-order valence-corrected chi connectivity index (χ0v) is 13.6. The fourth-order valence-corrected chi connectivity index (χ4v) is 3.15. The summed E-state index contributed by atoms with van der Waals surface area (Å²) in [4.78, 5) is 11.1. The fraction of sp³-hybridized carbons (Fsp3) is 0.400. The summed E-state index contributed by atoms with van der Waals surface area (Å²) in [5.41, 5.74) is 1.40. The third-order valence-electron chi connectivity index (χ3n) is 3.39. The Morgan fingerprint density at radius 1 is 1.57 bits per heavy atom. The van der Waals surface area contributed by atoms with E-state index in [4.69, 9.17) is 0 Å². The molecule has 0 aromatic rings. The Kier molecular flexibility index (Phi) is 5.69. The molecule has 0 spiro atoms. The van der Waals surface area contributed by atoms with E-state index in [9.17, 15) is 13.6 Å². The molecule has 1 heterocycles. The fourth-order valence-electron chi connectivity index (χ4n) is 2.29. The van der Waals surface area contributed by atoms with Crippen molar-refractivity contribution in [3.8, 4) is 0 Å². The van der Waals surface area contributed by atoms with Crippen LogP contribution in [-0.2, 0) is 16.1 Å². The molecule has 0 bridgehead atoms. The largest absolute Gasteiger partial charge is 0.755 e. The summed E-state index contributed by atoms with van der Waals surface area (Å²) in [7, 11) is 0. The molecule has 1 rings (SSSR count). The minimum atomic E-state index is -2.42. The van der Waals surface area contributed by atoms with Gasteiger partial charge in [0.2, 0.25) is 5.91 Å². The first-order chi connectivity index (χ1) is 9.75. The van der Waals surface area contributed by atoms with Crippen LogP contribution in [0, 0.1) is 0 Å². The SMILES string of the molecule is C=C/C=C1/C=C(CNC(C)=O)C(C)(C)N(S(=O)[O-])/C1=C/C. The summed E-state index contributed by atoms with van der Waals surface area (Å²) in [6.45, 7) is 10.8. The number of hydrogen-bond acceptors (Lipinski definition) is 3. The van der Waals surface area contributed by atoms with E-state index in [1.807, 2.05) is 19.9 Å². The van der Waals surface area contributed by atoms with Crippen LogP contribution in [0.15, 0.2) is 47.7 Å². The summed E-state index contributed by atoms with van der Waals surface area (Å²) in [5.74, 6) is -0.160. The van der Waals surface area contributed by atoms with Gasteiger partial charge in [-0.05, 0) is 38.0 Å². The van der Waals surface area contributed by atoms with Gasteiger partial charge in [0, 0.05) is 24.7 Å². The Bertz CT molecular complexity index is 559. The number of nitrogens with one attached hydrogen (secondary N) is 1. The van der Waals surface area contributed by atoms with Crippen LogP contribution in [0.4, 0.5) is 0 Å². The lowest BCUT2D eigenvalue weighted by Crippen LogP contribution is -2.50. The van der Waals surface area contributed by atoms with Crippen molar-refractivity contribution in [3.05, 3.63) is 47.7 Å². The monoisotopic (exact) mass is 309 g/mol. The third-order valence-corrected chi connectivity index (χ3v) is 4.34. The number of carbonyl (C=O) groups excluding carboxylic acids is 1. The molecule has 0 aliphatic carbocycles. The van der Waals surface area contributed by atoms with Crippen molar-refractivity contribution in [2.75, 3.05) is 6.54 Å². The standard InChI is InChI=1S/C15H22N2O3S/c1-6-8-12-9-13(10-16-11(3)18)15(4,5)17(21(19)20)14(12)7-2/h6-9H,1,10H2,2-5H3,(H,16,18)(H,19,20)/p-1/b12-8-,14-7+. The molecule has 1 atom stereocenters. The van der Waals surface area contributed by atoms with Gasteiger partial charge in [0.25, 0.3) is 0 Å². The van der Waals surface area contributed by atoms with Gasteiger partial charge in [0.05, 0.1) is 11.2 Å². The average Bonchev–Trinajstić information content (AvgIpc) is 2.37. The molecule has 1 N–H and O–H groups in total. The second kappa shape index (κ2) is 6.87. The molecule has 0 saturated heterocycles. The zero-order chi connectivity index (χ0) is 16.2. The molecule has 0 aromatic carbocycles. The molecule has 0 saturated carbocycles. The van der Waals surface area contributed by atoms with Crippen molar-refractivity contribution in [1.29, 1.82) is 0 Å². The molecule has 0 aromatic heterocycles. The van der Waals surface area contributed by atoms with Crippen molar-refractivity contribution < 1.29 is 13.6 Å². The van der Waals surface area contributed by atoms with E-state index in [0.29, 0.717) is 12.2 Å². The van der Waals surface area contributed by atoms with Gasteiger partial charge in [-0.1, -0.05) is 24.8 Å². The predicted molar refractivity (Wildman–Crippen MR) is 83.6 cm³/mol. The van der Waals surface area contributed by atoms with Gasteiger partial charge in [0.1, 0.15) is 0 Å². The van der Waals surface area contributed by atoms with Gasteiger partial charge < -0.3 is 9.87 Å². The Morgan fingerprint density at radius 2 is 2.19 bits per heavy atom. The maximum Gasteiger partial charge on any atom is 0.217 e. The predicted octanol–water partition coefficient (Wildman–Crippen LogP) is 1.95. The molecule has 1 amide bonds. The van der Waals surface area contributed by atoms with Crippen LogP contribution in [-0.4, -0.2) is 31.1 Å². The van der Waals surface area contributed by atoms with Crippen LogP contribution in [0.2, 0.25) is 0 Å². The molecule has 21 heavy (non-hydrogen) atoms. The second-order valence-corrected chi connectivity index (χ2v) is 5.98. The molecule has 1 aliphatic heterocycles. The highest BCUT2D eigenvalue weighted by molar-refractivity contribution is 7.76. The summed E-state index contributed by atoms with van der Waals surface area (Å²) < 4.78 is 24.7. The minimum Gasteiger partial charge on any atom is -0.755 e. The number of hydrogen-bond donors (Lipinski definition) is 1. The Hall–Kier alpha value is -1.66. The van der Waals surface area contributed by atoms with Gasteiger partial charge in [-0.15, -0.1) is 0 Å². The normalized spacial score (nSPS) is 22.9. The van der Waals surface area contributed by atoms with Crippen LogP contribution in [0.1, 0.15) is 27.7 Å². The van der Waals surface area contributed by atoms with Gasteiger partial charge in [-0.3, -0.25) is 13.3 Å². The topological polar surface area (TPSA) is 72.5 Å². The summed E-state index contributed by atoms with van der Waals surface area (Å²) in [6.07, 6.45) is 7.00. The molecule has 0 fully saturated rings. The van der Waals surface area contributed by atoms with Crippen molar-refractivity contribution in [3.63, 3.8) is 0 Å². The highest BCUT2D eigenvalue weighted by atomic mass is 32.2. The minimum absolute atomic E-state index is 0.160. The molecule has 1 unspecified atom stereocenters. The lowest BCUT2D eigenvalue weighted by Gasteiger charge is -2.47. The van der Waals surface area contributed by atoms with Crippen molar-refractivity contribution in [2.24, 2.45) is 0 Å². The van der Waals surface area contributed by atoms with E-state index in [2.05, 4.69) is 11.9 Å². The summed E-state index contributed by atoms with van der Waals surface area (Å²) in [5, 5.41) is 2.72. The van der Waals surface area contributed by atoms with E-state index < -0.39 is 16.8 Å². The molecular formula is C15H21N2O3S-. The van der Waals surface area contributed by atoms with Crippen LogP contribution in [0.25, 0.3) is 0 Å². The Balaban J connectivity index is 3.41. The summed E-state index contributed by atoms with van der Waals surface area (Å²) >= 11 is -2.42. The van der Waals surface area contributed by atoms with E-state index in [-0.39, 0.29) is 5.91 Å². The molecule has 116 valence electrons. The first kappa shape index (κ1) is 17.4. The summed E-state index contributed by atoms with van der Waals surface area (Å²) in [6, 6.07) is 0. The Morgan fingerprint density at radius 3 is 2.62 bits per heavy atom. The lowest BCUT2D eigenvalue weighted by molar-refractivity contribution is -0.118. The lowest BCUT2D eigenvalue weighted by atomic mass is 9.86. The van der Waals surface area contributed by atoms with E-state index in [1.54, 1.807) is 25.2 Å². The first-order valence-electron chi connectivity index (χ1n) is 6.60. The highest BCUT2D eigenvalue weighted by Gasteiger charge is 2.37. The molecular weight excluding hydrogens is 288 g/mol. The first-order valence-corrected chi connectivity index (χ1v) is 7.63. The van der Waals surface area contributed by atoms with Crippen molar-refractivity contribution >= 4 is 17.2 Å². The van der Waals surface area contributed by atoms with Crippen LogP contribution in [0.5, 0.6) is 0 Å². The number of rotatable bonds is 4. The number of nitrogens with zero attached hydrogens (tertiary/aromatic N) is 1. The number of carbonyl (C=O) groups is 1. The average molecular weight is 309 g/mol. The molecule has 1 aliphatic rings. The second-order valence-electron chi connectivity index (χ2n) is 5.18. The van der Waals surface area contributed by atoms with Gasteiger partial charge in [-0.25, -0.2) is 0 Å². The van der Waals surface area contributed by atoms with Crippen LogP contribution < -0.4 is 5.32 Å². The number of amides is 1.